The maximum absolute atomic E-state index is 14.0. The Labute approximate surface area is 329 Å². The lowest BCUT2D eigenvalue weighted by Gasteiger charge is -2.31. The number of aromatic nitrogens is 1. The van der Waals surface area contributed by atoms with Gasteiger partial charge in [-0.3, -0.25) is 4.31 Å². The number of anilines is 1. The Morgan fingerprint density at radius 3 is 2.20 bits per heavy atom. The molecule has 1 saturated heterocycles. The first-order valence-corrected chi connectivity index (χ1v) is 21.0. The highest BCUT2D eigenvalue weighted by molar-refractivity contribution is 7.92. The molecule has 0 radical (unpaired) electrons. The zero-order valence-electron chi connectivity index (χ0n) is 30.4. The number of carbonyl (C=O) groups excluding carboxylic acids is 1. The Hall–Kier alpha value is -3.63. The summed E-state index contributed by atoms with van der Waals surface area (Å²) in [5.74, 6) is -0.155. The predicted molar refractivity (Wildman–Crippen MR) is 202 cm³/mol. The number of carbonyl (C=O) groups is 1. The molecule has 0 amide bonds. The summed E-state index contributed by atoms with van der Waals surface area (Å²) in [6.45, 7) is -0.197. The quantitative estimate of drug-likeness (QED) is 0.0803. The number of alkyl halides is 2. The first-order chi connectivity index (χ1) is 26.2. The lowest BCUT2D eigenvalue weighted by molar-refractivity contribution is -0.605. The van der Waals surface area contributed by atoms with E-state index in [1.165, 1.54) is 40.7 Å². The summed E-state index contributed by atoms with van der Waals surface area (Å²) in [6.07, 6.45) is 7.53. The molecule has 3 fully saturated rings. The lowest BCUT2D eigenvalue weighted by Crippen LogP contribution is -2.38. The van der Waals surface area contributed by atoms with Crippen LogP contribution in [0.25, 0.3) is 0 Å². The van der Waals surface area contributed by atoms with E-state index in [1.54, 1.807) is 0 Å². The third-order valence-electron chi connectivity index (χ3n) is 9.85. The summed E-state index contributed by atoms with van der Waals surface area (Å²) < 4.78 is 77.5. The number of sulfonamides is 1. The second kappa shape index (κ2) is 18.1. The molecule has 1 aliphatic heterocycles. The van der Waals surface area contributed by atoms with E-state index in [-0.39, 0.29) is 64.2 Å². The third kappa shape index (κ3) is 11.7. The van der Waals surface area contributed by atoms with Crippen LogP contribution in [0, 0.1) is 17.0 Å². The van der Waals surface area contributed by atoms with Gasteiger partial charge >= 0.3 is 12.6 Å². The third-order valence-corrected chi connectivity index (χ3v) is 11.7. The van der Waals surface area contributed by atoms with Gasteiger partial charge in [-0.25, -0.2) is 13.2 Å². The van der Waals surface area contributed by atoms with E-state index in [4.69, 9.17) is 42.1 Å². The molecule has 300 valence electrons. The number of esters is 1. The number of hydrogen-bond acceptors (Lipinski definition) is 10. The maximum atomic E-state index is 14.0. The molecule has 6 rings (SSSR count). The molecule has 17 heteroatoms. The van der Waals surface area contributed by atoms with Crippen LogP contribution in [0.5, 0.6) is 17.2 Å². The predicted octanol–water partition coefficient (Wildman–Crippen LogP) is 6.56. The molecule has 2 aromatic carbocycles. The van der Waals surface area contributed by atoms with Gasteiger partial charge in [-0.15, -0.1) is 0 Å². The van der Waals surface area contributed by atoms with E-state index >= 15 is 0 Å². The minimum atomic E-state index is -3.77. The Morgan fingerprint density at radius 1 is 0.964 bits per heavy atom. The second-order valence-corrected chi connectivity index (χ2v) is 17.1. The lowest BCUT2D eigenvalue weighted by atomic mass is 10.0. The van der Waals surface area contributed by atoms with Gasteiger partial charge in [-0.1, -0.05) is 29.3 Å². The molecule has 2 heterocycles. The topological polar surface area (TPSA) is 142 Å². The van der Waals surface area contributed by atoms with Gasteiger partial charge in [0.25, 0.3) is 0 Å². The number of piperidine rings is 1. The zero-order valence-corrected chi connectivity index (χ0v) is 32.7. The number of pyridine rings is 1. The molecule has 2 saturated carbocycles. The van der Waals surface area contributed by atoms with E-state index in [1.807, 2.05) is 0 Å². The first kappa shape index (κ1) is 41.0. The van der Waals surface area contributed by atoms with Crippen LogP contribution in [0.4, 0.5) is 14.5 Å². The van der Waals surface area contributed by atoms with E-state index < -0.39 is 28.7 Å². The average molecular weight is 829 g/mol. The summed E-state index contributed by atoms with van der Waals surface area (Å²) >= 11 is 12.8. The largest absolute Gasteiger partial charge is 0.619 e. The fourth-order valence-corrected chi connectivity index (χ4v) is 7.93. The van der Waals surface area contributed by atoms with Crippen molar-refractivity contribution < 1.29 is 50.8 Å². The summed E-state index contributed by atoms with van der Waals surface area (Å²) in [7, 11) is -3.77. The highest BCUT2D eigenvalue weighted by atomic mass is 35.5. The van der Waals surface area contributed by atoms with Crippen LogP contribution in [0.15, 0.2) is 48.8 Å². The van der Waals surface area contributed by atoms with Gasteiger partial charge in [0.05, 0.1) is 36.8 Å². The molecule has 12 nitrogen and oxygen atoms in total. The molecule has 3 aliphatic rings. The second-order valence-electron chi connectivity index (χ2n) is 14.4. The van der Waals surface area contributed by atoms with Gasteiger partial charge in [0.2, 0.25) is 10.0 Å². The van der Waals surface area contributed by atoms with Crippen molar-refractivity contribution in [1.29, 1.82) is 0 Å². The van der Waals surface area contributed by atoms with Gasteiger partial charge in [-0.05, 0) is 99.2 Å². The van der Waals surface area contributed by atoms with Gasteiger partial charge < -0.3 is 34.2 Å². The molecule has 1 atom stereocenters. The smallest absolute Gasteiger partial charge is 0.387 e. The molecular weight excluding hydrogens is 783 g/mol. The number of rotatable bonds is 19. The summed E-state index contributed by atoms with van der Waals surface area (Å²) in [6, 6.07) is 8.65. The molecule has 55 heavy (non-hydrogen) atoms. The van der Waals surface area contributed by atoms with Gasteiger partial charge in [-0.2, -0.15) is 13.5 Å². The molecular formula is C38H45Cl2F2N3O9S. The number of benzene rings is 2. The molecule has 0 unspecified atom stereocenters. The number of halogens is 4. The van der Waals surface area contributed by atoms with Gasteiger partial charge in [0.15, 0.2) is 23.9 Å². The van der Waals surface area contributed by atoms with E-state index in [2.05, 4.69) is 4.90 Å². The van der Waals surface area contributed by atoms with E-state index in [0.29, 0.717) is 60.1 Å². The van der Waals surface area contributed by atoms with Crippen molar-refractivity contribution in [2.24, 2.45) is 11.8 Å². The van der Waals surface area contributed by atoms with Gasteiger partial charge in [0, 0.05) is 31.6 Å². The average Bonchev–Trinajstić information content (AvgIpc) is 4.06. The first-order valence-electron chi connectivity index (χ1n) is 18.4. The van der Waals surface area contributed by atoms with Gasteiger partial charge in [0.1, 0.15) is 21.9 Å². The number of ether oxygens (including phenoxy) is 4. The minimum absolute atomic E-state index is 0.0188. The van der Waals surface area contributed by atoms with Crippen LogP contribution < -0.4 is 23.2 Å². The number of likely N-dealkylation sites (tertiary alicyclic amines) is 1. The fraction of sp³-hybridized carbons (Fsp3) is 0.526. The van der Waals surface area contributed by atoms with Crippen molar-refractivity contribution in [2.45, 2.75) is 70.2 Å². The van der Waals surface area contributed by atoms with Crippen molar-refractivity contribution in [2.75, 3.05) is 50.0 Å². The number of aliphatic hydroxyl groups excluding tert-OH is 1. The number of aliphatic hydroxyl groups is 1. The van der Waals surface area contributed by atoms with Crippen molar-refractivity contribution >= 4 is 44.9 Å². The SMILES string of the molecule is CS(=O)(=O)N(CCCN1CCC(O)CC1)c1ccc(C(=O)O[C@@H](Cc2c(Cl)c[n+]([O-])cc2Cl)c2ccc(OC(F)F)c(OCC3CC3)c2)cc1OCC1CC1. The summed E-state index contributed by atoms with van der Waals surface area (Å²) in [5.41, 5.74) is 0.992. The van der Waals surface area contributed by atoms with Crippen LogP contribution in [-0.2, 0) is 21.2 Å². The summed E-state index contributed by atoms with van der Waals surface area (Å²) in [4.78, 5) is 16.2. The van der Waals surface area contributed by atoms with E-state index in [0.717, 1.165) is 57.4 Å². The fourth-order valence-electron chi connectivity index (χ4n) is 6.36. The number of nitrogens with zero attached hydrogens (tertiary/aromatic N) is 3. The maximum Gasteiger partial charge on any atom is 0.387 e. The van der Waals surface area contributed by atoms with Crippen LogP contribution >= 0.6 is 23.2 Å². The molecule has 3 aromatic rings. The molecule has 1 N–H and O–H groups in total. The molecule has 2 aliphatic carbocycles. The Bertz CT molecular complexity index is 1900. The number of hydrogen-bond donors (Lipinski definition) is 1. The Balaban J connectivity index is 1.29. The van der Waals surface area contributed by atoms with Crippen LogP contribution in [0.3, 0.4) is 0 Å². The Morgan fingerprint density at radius 2 is 1.60 bits per heavy atom. The van der Waals surface area contributed by atoms with Crippen molar-refractivity contribution in [3.63, 3.8) is 0 Å². The van der Waals surface area contributed by atoms with Crippen molar-refractivity contribution in [3.05, 3.63) is 80.7 Å². The highest BCUT2D eigenvalue weighted by Gasteiger charge is 2.30. The van der Waals surface area contributed by atoms with Crippen molar-refractivity contribution in [1.82, 2.24) is 4.90 Å². The standard InChI is InChI=1S/C38H45Cl2F2N3O9S/c1-55(49,50)45(14-2-13-43-15-11-28(46)12-16-43)32-9-7-27(18-35(32)51-22-24-3-4-24)37(47)53-34(19-29-30(39)20-44(48)21-31(29)40)26-8-10-33(54-38(41)42)36(17-26)52-23-25-5-6-25/h7-10,17-18,20-21,24-25,28,34,38,46H,2-6,11-16,19,22-23H2,1H3/t34-/m0/s1. The van der Waals surface area contributed by atoms with E-state index in [9.17, 15) is 32.3 Å². The Kier molecular flexibility index (Phi) is 13.5. The molecule has 1 aromatic heterocycles. The monoisotopic (exact) mass is 827 g/mol. The molecule has 0 spiro atoms. The molecule has 0 bridgehead atoms. The summed E-state index contributed by atoms with van der Waals surface area (Å²) in [5, 5.41) is 21.9. The normalized spacial score (nSPS) is 17.2. The minimum Gasteiger partial charge on any atom is -0.619 e. The van der Waals surface area contributed by atoms with Crippen molar-refractivity contribution in [3.8, 4) is 17.2 Å². The van der Waals surface area contributed by atoms with Crippen LogP contribution in [0.1, 0.15) is 72.5 Å². The zero-order chi connectivity index (χ0) is 39.3. The van der Waals surface area contributed by atoms with Crippen LogP contribution in [0.2, 0.25) is 10.0 Å². The highest BCUT2D eigenvalue weighted by Crippen LogP contribution is 2.39. The van der Waals surface area contributed by atoms with Crippen LogP contribution in [-0.4, -0.2) is 82.8 Å².